The molecule has 0 aliphatic carbocycles. The fourth-order valence-corrected chi connectivity index (χ4v) is 2.64. The van der Waals surface area contributed by atoms with E-state index < -0.39 is 0 Å². The van der Waals surface area contributed by atoms with Crippen molar-refractivity contribution in [2.45, 2.75) is 33.4 Å². The monoisotopic (exact) mass is 400 g/mol. The van der Waals surface area contributed by atoms with E-state index in [0.717, 1.165) is 35.8 Å². The molecule has 29 heavy (non-hydrogen) atoms. The molecule has 7 nitrogen and oxygen atoms in total. The second kappa shape index (κ2) is 12.6. The van der Waals surface area contributed by atoms with E-state index in [2.05, 4.69) is 45.7 Å². The van der Waals surface area contributed by atoms with Gasteiger partial charge in [0, 0.05) is 51.1 Å². The summed E-state index contributed by atoms with van der Waals surface area (Å²) in [6, 6.07) is 10.0. The Balaban J connectivity index is 1.99. The molecule has 0 atom stereocenters. The van der Waals surface area contributed by atoms with Gasteiger partial charge in [-0.2, -0.15) is 0 Å². The molecule has 1 heterocycles. The second-order valence-corrected chi connectivity index (χ2v) is 6.56. The Kier molecular flexibility index (Phi) is 9.78. The summed E-state index contributed by atoms with van der Waals surface area (Å²) < 4.78 is 16.1. The van der Waals surface area contributed by atoms with Crippen LogP contribution in [-0.4, -0.2) is 44.9 Å². The molecule has 0 saturated heterocycles. The van der Waals surface area contributed by atoms with Crippen LogP contribution in [0.5, 0.6) is 11.6 Å². The highest BCUT2D eigenvalue weighted by Crippen LogP contribution is 2.20. The van der Waals surface area contributed by atoms with Crippen molar-refractivity contribution in [1.82, 2.24) is 15.6 Å². The fourth-order valence-electron chi connectivity index (χ4n) is 2.64. The summed E-state index contributed by atoms with van der Waals surface area (Å²) in [5, 5.41) is 6.65. The van der Waals surface area contributed by atoms with Crippen LogP contribution in [0.4, 0.5) is 0 Å². The van der Waals surface area contributed by atoms with Crippen molar-refractivity contribution in [2.24, 2.45) is 4.99 Å². The molecule has 0 amide bonds. The number of aromatic nitrogens is 1. The van der Waals surface area contributed by atoms with Gasteiger partial charge in [0.25, 0.3) is 0 Å². The molecule has 0 fully saturated rings. The molecule has 2 rings (SSSR count). The van der Waals surface area contributed by atoms with Crippen LogP contribution in [0.15, 0.2) is 41.5 Å². The summed E-state index contributed by atoms with van der Waals surface area (Å²) in [6.07, 6.45) is 2.63. The molecule has 0 radical (unpaired) electrons. The number of guanidine groups is 1. The first kappa shape index (κ1) is 22.5. The van der Waals surface area contributed by atoms with Crippen LogP contribution < -0.4 is 20.1 Å². The number of benzene rings is 1. The van der Waals surface area contributed by atoms with Gasteiger partial charge >= 0.3 is 0 Å². The molecule has 7 heteroatoms. The van der Waals surface area contributed by atoms with Gasteiger partial charge in [-0.05, 0) is 31.0 Å². The van der Waals surface area contributed by atoms with Crippen LogP contribution in [0, 0.1) is 6.92 Å². The van der Waals surface area contributed by atoms with Gasteiger partial charge in [0.1, 0.15) is 5.75 Å². The third kappa shape index (κ3) is 7.99. The molecule has 0 spiro atoms. The van der Waals surface area contributed by atoms with Gasteiger partial charge in [-0.15, -0.1) is 0 Å². The zero-order valence-corrected chi connectivity index (χ0v) is 17.8. The van der Waals surface area contributed by atoms with Gasteiger partial charge in [0.05, 0.1) is 20.3 Å². The first-order chi connectivity index (χ1) is 14.2. The summed E-state index contributed by atoms with van der Waals surface area (Å²) >= 11 is 0. The minimum absolute atomic E-state index is 0.528. The van der Waals surface area contributed by atoms with Crippen LogP contribution >= 0.6 is 0 Å². The highest BCUT2D eigenvalue weighted by molar-refractivity contribution is 5.79. The van der Waals surface area contributed by atoms with Crippen LogP contribution in [-0.2, 0) is 17.8 Å². The Bertz CT molecular complexity index is 763. The van der Waals surface area contributed by atoms with Crippen LogP contribution in [0.1, 0.15) is 30.0 Å². The molecule has 1 aromatic heterocycles. The number of hydrogen-bond donors (Lipinski definition) is 2. The van der Waals surface area contributed by atoms with Crippen LogP contribution in [0.3, 0.4) is 0 Å². The van der Waals surface area contributed by atoms with E-state index in [1.165, 1.54) is 5.56 Å². The Hall–Kier alpha value is -2.80. The lowest BCUT2D eigenvalue weighted by atomic mass is 10.1. The van der Waals surface area contributed by atoms with Crippen LogP contribution in [0.2, 0.25) is 0 Å². The Morgan fingerprint density at radius 3 is 2.66 bits per heavy atom. The number of pyridine rings is 1. The standard InChI is InChI=1S/C22H32N4O3/c1-5-23-22(25-15-18-8-10-21(28-4)24-14-18)26-16-19-9-7-17(2)13-20(19)29-12-6-11-27-3/h7-10,13-14H,5-6,11-12,15-16H2,1-4H3,(H2,23,25,26). The third-order valence-electron chi connectivity index (χ3n) is 4.19. The number of aliphatic imine (C=N–C) groups is 1. The van der Waals surface area contributed by atoms with Crippen molar-refractivity contribution < 1.29 is 14.2 Å². The van der Waals surface area contributed by atoms with E-state index in [1.807, 2.05) is 19.1 Å². The van der Waals surface area contributed by atoms with E-state index in [1.54, 1.807) is 20.4 Å². The fraction of sp³-hybridized carbons (Fsp3) is 0.455. The van der Waals surface area contributed by atoms with Gasteiger partial charge in [-0.1, -0.05) is 18.2 Å². The van der Waals surface area contributed by atoms with E-state index in [4.69, 9.17) is 14.2 Å². The summed E-state index contributed by atoms with van der Waals surface area (Å²) in [6.45, 7) is 7.35. The van der Waals surface area contributed by atoms with E-state index in [-0.39, 0.29) is 0 Å². The van der Waals surface area contributed by atoms with Gasteiger partial charge in [-0.25, -0.2) is 9.98 Å². The van der Waals surface area contributed by atoms with Gasteiger partial charge in [0.15, 0.2) is 5.96 Å². The van der Waals surface area contributed by atoms with Crippen molar-refractivity contribution in [1.29, 1.82) is 0 Å². The molecule has 0 unspecified atom stereocenters. The van der Waals surface area contributed by atoms with Gasteiger partial charge < -0.3 is 24.8 Å². The SMILES string of the molecule is CCNC(=NCc1ccc(OC)nc1)NCc1ccc(C)cc1OCCCOC. The average molecular weight is 401 g/mol. The molecule has 0 aliphatic heterocycles. The maximum atomic E-state index is 5.96. The number of aryl methyl sites for hydroxylation is 1. The van der Waals surface area contributed by atoms with Crippen molar-refractivity contribution in [3.05, 3.63) is 53.2 Å². The summed E-state index contributed by atoms with van der Waals surface area (Å²) in [7, 11) is 3.31. The molecule has 0 aliphatic rings. The minimum Gasteiger partial charge on any atom is -0.493 e. The molecule has 158 valence electrons. The zero-order chi connectivity index (χ0) is 20.9. The lowest BCUT2D eigenvalue weighted by molar-refractivity contribution is 0.171. The normalized spacial score (nSPS) is 11.2. The molecule has 0 bridgehead atoms. The summed E-state index contributed by atoms with van der Waals surface area (Å²) in [5.41, 5.74) is 3.27. The number of rotatable bonds is 11. The summed E-state index contributed by atoms with van der Waals surface area (Å²) in [5.74, 6) is 2.23. The third-order valence-corrected chi connectivity index (χ3v) is 4.19. The number of methoxy groups -OCH3 is 2. The topological polar surface area (TPSA) is 77.0 Å². The first-order valence-corrected chi connectivity index (χ1v) is 9.88. The predicted octanol–water partition coefficient (Wildman–Crippen LogP) is 3.07. The Morgan fingerprint density at radius 1 is 1.10 bits per heavy atom. The average Bonchev–Trinajstić information content (AvgIpc) is 2.74. The minimum atomic E-state index is 0.528. The van der Waals surface area contributed by atoms with Crippen molar-refractivity contribution in [3.63, 3.8) is 0 Å². The quantitative estimate of drug-likeness (QED) is 0.343. The highest BCUT2D eigenvalue weighted by atomic mass is 16.5. The predicted molar refractivity (Wildman–Crippen MR) is 116 cm³/mol. The molecular formula is C22H32N4O3. The first-order valence-electron chi connectivity index (χ1n) is 9.88. The molecule has 0 saturated carbocycles. The number of hydrogen-bond acceptors (Lipinski definition) is 5. The van der Waals surface area contributed by atoms with Crippen molar-refractivity contribution >= 4 is 5.96 Å². The van der Waals surface area contributed by atoms with Crippen molar-refractivity contribution in [2.75, 3.05) is 34.0 Å². The van der Waals surface area contributed by atoms with Crippen molar-refractivity contribution in [3.8, 4) is 11.6 Å². The van der Waals surface area contributed by atoms with Crippen LogP contribution in [0.25, 0.3) is 0 Å². The molecular weight excluding hydrogens is 368 g/mol. The van der Waals surface area contributed by atoms with E-state index in [9.17, 15) is 0 Å². The Labute approximate surface area is 173 Å². The maximum absolute atomic E-state index is 5.96. The van der Waals surface area contributed by atoms with E-state index >= 15 is 0 Å². The smallest absolute Gasteiger partial charge is 0.212 e. The molecule has 2 N–H and O–H groups in total. The number of nitrogens with zero attached hydrogens (tertiary/aromatic N) is 2. The highest BCUT2D eigenvalue weighted by Gasteiger charge is 2.06. The van der Waals surface area contributed by atoms with E-state index in [0.29, 0.717) is 32.2 Å². The zero-order valence-electron chi connectivity index (χ0n) is 17.8. The molecule has 2 aromatic rings. The Morgan fingerprint density at radius 2 is 1.97 bits per heavy atom. The lowest BCUT2D eigenvalue weighted by Crippen LogP contribution is -2.36. The second-order valence-electron chi connectivity index (χ2n) is 6.56. The lowest BCUT2D eigenvalue weighted by Gasteiger charge is -2.15. The number of nitrogens with one attached hydrogen (secondary N) is 2. The molecule has 1 aromatic carbocycles. The largest absolute Gasteiger partial charge is 0.493 e. The van der Waals surface area contributed by atoms with Gasteiger partial charge in [0.2, 0.25) is 5.88 Å². The number of ether oxygens (including phenoxy) is 3. The van der Waals surface area contributed by atoms with Gasteiger partial charge in [-0.3, -0.25) is 0 Å². The summed E-state index contributed by atoms with van der Waals surface area (Å²) in [4.78, 5) is 8.86. The maximum Gasteiger partial charge on any atom is 0.212 e.